The highest BCUT2D eigenvalue weighted by molar-refractivity contribution is 5.82. The average Bonchev–Trinajstić information content (AvgIpc) is 2.34. The van der Waals surface area contributed by atoms with Crippen molar-refractivity contribution < 1.29 is 0 Å². The molecule has 0 aliphatic heterocycles. The van der Waals surface area contributed by atoms with E-state index in [9.17, 15) is 0 Å². The molecular weight excluding hydrogens is 192 g/mol. The van der Waals surface area contributed by atoms with Crippen LogP contribution in [-0.4, -0.2) is 0 Å². The molecule has 0 aromatic heterocycles. The molecule has 0 saturated heterocycles. The van der Waals surface area contributed by atoms with Crippen LogP contribution in [0.1, 0.15) is 38.2 Å². The second kappa shape index (κ2) is 5.69. The van der Waals surface area contributed by atoms with E-state index in [2.05, 4.69) is 49.4 Å². The van der Waals surface area contributed by atoms with Gasteiger partial charge < -0.3 is 0 Å². The Kier molecular flexibility index (Phi) is 3.98. The minimum absolute atomic E-state index is 1.17. The summed E-state index contributed by atoms with van der Waals surface area (Å²) in [4.78, 5) is 0. The smallest absolute Gasteiger partial charge is 0.0143 e. The molecular formula is C16H19. The van der Waals surface area contributed by atoms with E-state index in [0.29, 0.717) is 0 Å². The quantitative estimate of drug-likeness (QED) is 0.625. The summed E-state index contributed by atoms with van der Waals surface area (Å²) in [5, 5.41) is 2.63. The maximum Gasteiger partial charge on any atom is -0.0143 e. The first-order valence-electron chi connectivity index (χ1n) is 6.29. The van der Waals surface area contributed by atoms with Gasteiger partial charge in [-0.05, 0) is 41.3 Å². The van der Waals surface area contributed by atoms with Crippen LogP contribution in [0, 0.1) is 6.07 Å². The molecule has 0 saturated carbocycles. The Morgan fingerprint density at radius 2 is 1.81 bits per heavy atom. The molecule has 0 unspecified atom stereocenters. The molecule has 0 fully saturated rings. The molecule has 0 bridgehead atoms. The van der Waals surface area contributed by atoms with Gasteiger partial charge in [-0.3, -0.25) is 0 Å². The molecule has 0 heteroatoms. The summed E-state index contributed by atoms with van der Waals surface area (Å²) < 4.78 is 0. The van der Waals surface area contributed by atoms with Gasteiger partial charge in [0.1, 0.15) is 0 Å². The van der Waals surface area contributed by atoms with Crippen LogP contribution in [0.5, 0.6) is 0 Å². The zero-order valence-corrected chi connectivity index (χ0v) is 10.00. The van der Waals surface area contributed by atoms with Crippen LogP contribution in [0.2, 0.25) is 0 Å². The fourth-order valence-corrected chi connectivity index (χ4v) is 2.06. The predicted octanol–water partition coefficient (Wildman–Crippen LogP) is 4.76. The molecule has 0 heterocycles. The van der Waals surface area contributed by atoms with Crippen molar-refractivity contribution in [2.24, 2.45) is 0 Å². The van der Waals surface area contributed by atoms with Gasteiger partial charge in [0, 0.05) is 0 Å². The lowest BCUT2D eigenvalue weighted by atomic mass is 10.0. The normalized spacial score (nSPS) is 10.8. The number of benzene rings is 2. The lowest BCUT2D eigenvalue weighted by molar-refractivity contribution is 0.667. The lowest BCUT2D eigenvalue weighted by Gasteiger charge is -2.03. The molecule has 0 spiro atoms. The largest absolute Gasteiger partial charge is 0.0654 e. The number of fused-ring (bicyclic) bond motifs is 1. The first-order chi connectivity index (χ1) is 7.90. The van der Waals surface area contributed by atoms with E-state index in [1.807, 2.05) is 0 Å². The van der Waals surface area contributed by atoms with Gasteiger partial charge in [-0.15, -0.1) is 0 Å². The summed E-state index contributed by atoms with van der Waals surface area (Å²) in [7, 11) is 0. The first-order valence-corrected chi connectivity index (χ1v) is 6.29. The Balaban J connectivity index is 2.02. The number of hydrogen-bond donors (Lipinski definition) is 0. The van der Waals surface area contributed by atoms with Crippen LogP contribution in [0.25, 0.3) is 10.8 Å². The van der Waals surface area contributed by atoms with E-state index in [-0.39, 0.29) is 0 Å². The van der Waals surface area contributed by atoms with Crippen LogP contribution < -0.4 is 0 Å². The first kappa shape index (κ1) is 11.2. The highest BCUT2D eigenvalue weighted by atomic mass is 14.0. The Bertz CT molecular complexity index is 442. The monoisotopic (exact) mass is 211 g/mol. The van der Waals surface area contributed by atoms with Crippen LogP contribution in [0.3, 0.4) is 0 Å². The van der Waals surface area contributed by atoms with Crippen molar-refractivity contribution in [1.82, 2.24) is 0 Å². The minimum Gasteiger partial charge on any atom is -0.0654 e. The molecule has 2 rings (SSSR count). The third-order valence-electron chi connectivity index (χ3n) is 3.04. The molecule has 2 aromatic carbocycles. The predicted molar refractivity (Wildman–Crippen MR) is 70.6 cm³/mol. The van der Waals surface area contributed by atoms with Crippen LogP contribution in [0.15, 0.2) is 36.4 Å². The van der Waals surface area contributed by atoms with Crippen molar-refractivity contribution in [3.63, 3.8) is 0 Å². The van der Waals surface area contributed by atoms with Gasteiger partial charge in [0.05, 0.1) is 0 Å². The standard InChI is InChI=1S/C16H19/c1-2-3-4-5-8-14-11-12-15-9-6-7-10-16(15)13-14/h6-7,9-10,12-13H,2-5,8H2,1H3. The highest BCUT2D eigenvalue weighted by Crippen LogP contribution is 2.16. The summed E-state index contributed by atoms with van der Waals surface area (Å²) in [6.45, 7) is 2.25. The molecule has 0 aliphatic rings. The zero-order valence-electron chi connectivity index (χ0n) is 10.00. The molecule has 1 radical (unpaired) electrons. The summed E-state index contributed by atoms with van der Waals surface area (Å²) in [6.07, 6.45) is 6.47. The molecule has 0 atom stereocenters. The summed E-state index contributed by atoms with van der Waals surface area (Å²) in [6, 6.07) is 16.3. The number of aryl methyl sites for hydroxylation is 1. The summed E-state index contributed by atoms with van der Waals surface area (Å²) in [5.74, 6) is 0. The maximum atomic E-state index is 3.39. The number of rotatable bonds is 5. The number of hydrogen-bond acceptors (Lipinski definition) is 0. The van der Waals surface area contributed by atoms with E-state index < -0.39 is 0 Å². The van der Waals surface area contributed by atoms with E-state index in [0.717, 1.165) is 0 Å². The average molecular weight is 211 g/mol. The fraction of sp³-hybridized carbons (Fsp3) is 0.375. The van der Waals surface area contributed by atoms with Gasteiger partial charge >= 0.3 is 0 Å². The molecule has 0 N–H and O–H groups in total. The van der Waals surface area contributed by atoms with Crippen molar-refractivity contribution in [3.05, 3.63) is 48.0 Å². The highest BCUT2D eigenvalue weighted by Gasteiger charge is 1.96. The second-order valence-electron chi connectivity index (χ2n) is 4.40. The Morgan fingerprint density at radius 1 is 1.00 bits per heavy atom. The Labute approximate surface area is 98.3 Å². The summed E-state index contributed by atoms with van der Waals surface area (Å²) in [5.41, 5.74) is 1.36. The van der Waals surface area contributed by atoms with Crippen molar-refractivity contribution in [3.8, 4) is 0 Å². The Hall–Kier alpha value is -1.30. The molecule has 0 nitrogen and oxygen atoms in total. The van der Waals surface area contributed by atoms with Gasteiger partial charge in [0.25, 0.3) is 0 Å². The Morgan fingerprint density at radius 3 is 2.62 bits per heavy atom. The van der Waals surface area contributed by atoms with Crippen molar-refractivity contribution in [2.75, 3.05) is 0 Å². The van der Waals surface area contributed by atoms with Gasteiger partial charge in [-0.25, -0.2) is 0 Å². The third kappa shape index (κ3) is 2.85. The number of unbranched alkanes of at least 4 members (excludes halogenated alkanes) is 3. The second-order valence-corrected chi connectivity index (χ2v) is 4.40. The van der Waals surface area contributed by atoms with Crippen molar-refractivity contribution in [1.29, 1.82) is 0 Å². The lowest BCUT2D eigenvalue weighted by Crippen LogP contribution is -1.86. The molecule has 2 aromatic rings. The summed E-state index contributed by atoms with van der Waals surface area (Å²) >= 11 is 0. The van der Waals surface area contributed by atoms with E-state index in [4.69, 9.17) is 0 Å². The van der Waals surface area contributed by atoms with Gasteiger partial charge in [-0.1, -0.05) is 56.5 Å². The topological polar surface area (TPSA) is 0 Å². The molecule has 0 amide bonds. The SMILES string of the molecule is CCCCCCc1[c]cc2ccccc2c1. The van der Waals surface area contributed by atoms with Crippen LogP contribution in [-0.2, 0) is 6.42 Å². The van der Waals surface area contributed by atoms with Gasteiger partial charge in [0.15, 0.2) is 0 Å². The maximum absolute atomic E-state index is 3.39. The molecule has 16 heavy (non-hydrogen) atoms. The molecule has 0 aliphatic carbocycles. The molecule has 83 valence electrons. The van der Waals surface area contributed by atoms with Gasteiger partial charge in [0.2, 0.25) is 0 Å². The van der Waals surface area contributed by atoms with E-state index in [1.165, 1.54) is 48.4 Å². The minimum atomic E-state index is 1.17. The van der Waals surface area contributed by atoms with Crippen molar-refractivity contribution in [2.45, 2.75) is 39.0 Å². The van der Waals surface area contributed by atoms with Gasteiger partial charge in [-0.2, -0.15) is 0 Å². The van der Waals surface area contributed by atoms with E-state index in [1.54, 1.807) is 0 Å². The zero-order chi connectivity index (χ0) is 11.2. The van der Waals surface area contributed by atoms with Crippen LogP contribution in [0.4, 0.5) is 0 Å². The van der Waals surface area contributed by atoms with E-state index >= 15 is 0 Å². The van der Waals surface area contributed by atoms with Crippen molar-refractivity contribution >= 4 is 10.8 Å². The fourth-order valence-electron chi connectivity index (χ4n) is 2.06. The third-order valence-corrected chi connectivity index (χ3v) is 3.04. The van der Waals surface area contributed by atoms with Crippen LogP contribution >= 0.6 is 0 Å².